The van der Waals surface area contributed by atoms with Gasteiger partial charge in [-0.1, -0.05) is 36.4 Å². The zero-order valence-electron chi connectivity index (χ0n) is 9.77. The van der Waals surface area contributed by atoms with E-state index in [9.17, 15) is 9.18 Å². The van der Waals surface area contributed by atoms with Gasteiger partial charge in [-0.05, 0) is 17.7 Å². The Balaban J connectivity index is 1.86. The minimum absolute atomic E-state index is 0.0196. The van der Waals surface area contributed by atoms with E-state index in [1.165, 1.54) is 6.07 Å². The Morgan fingerprint density at radius 2 is 1.78 bits per heavy atom. The lowest BCUT2D eigenvalue weighted by Gasteiger charge is -2.15. The van der Waals surface area contributed by atoms with Crippen molar-refractivity contribution in [2.45, 2.75) is 13.1 Å². The molecule has 0 aliphatic carbocycles. The summed E-state index contributed by atoms with van der Waals surface area (Å²) in [5.41, 5.74) is 2.30. The molecule has 0 fully saturated rings. The van der Waals surface area contributed by atoms with Crippen molar-refractivity contribution in [1.29, 1.82) is 0 Å². The number of halogens is 1. The van der Waals surface area contributed by atoms with Crippen molar-refractivity contribution in [1.82, 2.24) is 4.90 Å². The summed E-state index contributed by atoms with van der Waals surface area (Å²) < 4.78 is 13.6. The first-order valence-corrected chi connectivity index (χ1v) is 5.86. The van der Waals surface area contributed by atoms with Gasteiger partial charge >= 0.3 is 0 Å². The first-order chi connectivity index (χ1) is 8.75. The van der Waals surface area contributed by atoms with E-state index in [4.69, 9.17) is 0 Å². The maximum Gasteiger partial charge on any atom is 0.254 e. The lowest BCUT2D eigenvalue weighted by atomic mass is 10.1. The fourth-order valence-corrected chi connectivity index (χ4v) is 2.27. The number of benzene rings is 2. The summed E-state index contributed by atoms with van der Waals surface area (Å²) in [5.74, 6) is -0.282. The van der Waals surface area contributed by atoms with Crippen molar-refractivity contribution < 1.29 is 9.18 Å². The van der Waals surface area contributed by atoms with Crippen molar-refractivity contribution >= 4 is 5.91 Å². The van der Waals surface area contributed by atoms with E-state index < -0.39 is 0 Å². The van der Waals surface area contributed by atoms with Crippen molar-refractivity contribution in [3.8, 4) is 0 Å². The van der Waals surface area contributed by atoms with Crippen LogP contribution in [0.5, 0.6) is 0 Å². The maximum absolute atomic E-state index is 13.6. The van der Waals surface area contributed by atoms with Gasteiger partial charge in [-0.3, -0.25) is 4.79 Å². The largest absolute Gasteiger partial charge is 0.330 e. The maximum atomic E-state index is 13.6. The topological polar surface area (TPSA) is 20.3 Å². The third kappa shape index (κ3) is 1.78. The smallest absolute Gasteiger partial charge is 0.254 e. The highest BCUT2D eigenvalue weighted by Gasteiger charge is 2.27. The monoisotopic (exact) mass is 241 g/mol. The van der Waals surface area contributed by atoms with E-state index in [2.05, 4.69) is 0 Å². The number of nitrogens with zero attached hydrogens (tertiary/aromatic N) is 1. The van der Waals surface area contributed by atoms with Crippen LogP contribution >= 0.6 is 0 Å². The average molecular weight is 241 g/mol. The average Bonchev–Trinajstić information content (AvgIpc) is 2.70. The molecule has 1 heterocycles. The van der Waals surface area contributed by atoms with Gasteiger partial charge in [0.1, 0.15) is 5.82 Å². The van der Waals surface area contributed by atoms with Gasteiger partial charge in [0, 0.05) is 24.2 Å². The molecule has 2 nitrogen and oxygen atoms in total. The van der Waals surface area contributed by atoms with Crippen LogP contribution < -0.4 is 0 Å². The van der Waals surface area contributed by atoms with E-state index in [0.717, 1.165) is 11.1 Å². The second kappa shape index (κ2) is 4.26. The number of hydrogen-bond donors (Lipinski definition) is 0. The molecular weight excluding hydrogens is 229 g/mol. The van der Waals surface area contributed by atoms with Gasteiger partial charge in [-0.15, -0.1) is 0 Å². The SMILES string of the molecule is O=C1c2ccccc2CN1Cc1ccccc1F. The van der Waals surface area contributed by atoms with E-state index in [-0.39, 0.29) is 11.7 Å². The molecule has 1 aliphatic rings. The van der Waals surface area contributed by atoms with Crippen LogP contribution in [0, 0.1) is 5.82 Å². The fraction of sp³-hybridized carbons (Fsp3) is 0.133. The standard InChI is InChI=1S/C15H12FNO/c16-14-8-4-2-6-12(14)10-17-9-11-5-1-3-7-13(11)15(17)18/h1-8H,9-10H2. The molecule has 0 atom stereocenters. The van der Waals surface area contributed by atoms with E-state index in [1.54, 1.807) is 23.1 Å². The van der Waals surface area contributed by atoms with Gasteiger partial charge in [0.15, 0.2) is 0 Å². The first-order valence-electron chi connectivity index (χ1n) is 5.86. The number of fused-ring (bicyclic) bond motifs is 1. The zero-order valence-corrected chi connectivity index (χ0v) is 9.77. The van der Waals surface area contributed by atoms with Crippen LogP contribution in [0.1, 0.15) is 21.5 Å². The van der Waals surface area contributed by atoms with Crippen LogP contribution in [0.15, 0.2) is 48.5 Å². The van der Waals surface area contributed by atoms with Gasteiger partial charge in [0.05, 0.1) is 0 Å². The number of amides is 1. The van der Waals surface area contributed by atoms with Crippen LogP contribution in [0.2, 0.25) is 0 Å². The number of rotatable bonds is 2. The highest BCUT2D eigenvalue weighted by atomic mass is 19.1. The minimum atomic E-state index is -0.263. The summed E-state index contributed by atoms with van der Waals surface area (Å²) in [6.45, 7) is 0.878. The molecule has 0 N–H and O–H groups in total. The predicted octanol–water partition coefficient (Wildman–Crippen LogP) is 2.98. The molecule has 0 unspecified atom stereocenters. The molecule has 0 spiro atoms. The Morgan fingerprint density at radius 3 is 2.56 bits per heavy atom. The molecule has 3 heteroatoms. The lowest BCUT2D eigenvalue weighted by molar-refractivity contribution is 0.0765. The number of carbonyl (C=O) groups is 1. The van der Waals surface area contributed by atoms with Crippen LogP contribution in [0.4, 0.5) is 4.39 Å². The molecule has 18 heavy (non-hydrogen) atoms. The molecule has 3 rings (SSSR count). The Hall–Kier alpha value is -2.16. The summed E-state index contributed by atoms with van der Waals surface area (Å²) in [6.07, 6.45) is 0. The minimum Gasteiger partial charge on any atom is -0.330 e. The van der Waals surface area contributed by atoms with Crippen molar-refractivity contribution in [3.63, 3.8) is 0 Å². The van der Waals surface area contributed by atoms with E-state index in [1.807, 2.05) is 24.3 Å². The summed E-state index contributed by atoms with van der Waals surface area (Å²) in [4.78, 5) is 13.8. The third-order valence-electron chi connectivity index (χ3n) is 3.22. The van der Waals surface area contributed by atoms with E-state index >= 15 is 0 Å². The molecule has 0 saturated carbocycles. The molecule has 90 valence electrons. The van der Waals surface area contributed by atoms with Crippen LogP contribution in [0.25, 0.3) is 0 Å². The summed E-state index contributed by atoms with van der Waals surface area (Å²) >= 11 is 0. The second-order valence-electron chi connectivity index (χ2n) is 4.41. The zero-order chi connectivity index (χ0) is 12.5. The Kier molecular flexibility index (Phi) is 2.59. The summed E-state index contributed by atoms with van der Waals surface area (Å²) in [6, 6.07) is 14.1. The fourth-order valence-electron chi connectivity index (χ4n) is 2.27. The summed E-state index contributed by atoms with van der Waals surface area (Å²) in [7, 11) is 0. The number of hydrogen-bond acceptors (Lipinski definition) is 1. The van der Waals surface area contributed by atoms with Crippen molar-refractivity contribution in [3.05, 3.63) is 71.0 Å². The van der Waals surface area contributed by atoms with Gasteiger partial charge in [0.25, 0.3) is 5.91 Å². The molecule has 0 radical (unpaired) electrons. The molecular formula is C15H12FNO. The second-order valence-corrected chi connectivity index (χ2v) is 4.41. The molecule has 0 aromatic heterocycles. The van der Waals surface area contributed by atoms with Gasteiger partial charge in [-0.25, -0.2) is 4.39 Å². The molecule has 0 bridgehead atoms. The van der Waals surface area contributed by atoms with Crippen molar-refractivity contribution in [2.24, 2.45) is 0 Å². The third-order valence-corrected chi connectivity index (χ3v) is 3.22. The molecule has 2 aromatic carbocycles. The Bertz CT molecular complexity index is 609. The molecule has 2 aromatic rings. The predicted molar refractivity (Wildman–Crippen MR) is 66.4 cm³/mol. The van der Waals surface area contributed by atoms with Crippen LogP contribution in [-0.2, 0) is 13.1 Å². The normalized spacial score (nSPS) is 13.8. The first kappa shape index (κ1) is 11.0. The van der Waals surface area contributed by atoms with Crippen LogP contribution in [0.3, 0.4) is 0 Å². The highest BCUT2D eigenvalue weighted by molar-refractivity contribution is 5.98. The van der Waals surface area contributed by atoms with Gasteiger partial charge < -0.3 is 4.90 Å². The molecule has 1 amide bonds. The van der Waals surface area contributed by atoms with Gasteiger partial charge in [0.2, 0.25) is 0 Å². The Labute approximate surface area is 105 Å². The quantitative estimate of drug-likeness (QED) is 0.791. The van der Waals surface area contributed by atoms with Crippen molar-refractivity contribution in [2.75, 3.05) is 0 Å². The highest BCUT2D eigenvalue weighted by Crippen LogP contribution is 2.24. The Morgan fingerprint density at radius 1 is 1.06 bits per heavy atom. The van der Waals surface area contributed by atoms with Crippen LogP contribution in [-0.4, -0.2) is 10.8 Å². The lowest BCUT2D eigenvalue weighted by Crippen LogP contribution is -2.23. The molecule has 1 aliphatic heterocycles. The number of carbonyl (C=O) groups excluding carboxylic acids is 1. The summed E-state index contributed by atoms with van der Waals surface area (Å²) in [5, 5.41) is 0. The van der Waals surface area contributed by atoms with E-state index in [0.29, 0.717) is 18.7 Å². The molecule has 0 saturated heterocycles. The van der Waals surface area contributed by atoms with Gasteiger partial charge in [-0.2, -0.15) is 0 Å².